The van der Waals surface area contributed by atoms with Crippen LogP contribution in [0.15, 0.2) is 60.8 Å². The van der Waals surface area contributed by atoms with Crippen molar-refractivity contribution in [2.24, 2.45) is 0 Å². The Morgan fingerprint density at radius 3 is 2.43 bits per heavy atom. The lowest BCUT2D eigenvalue weighted by atomic mass is 10.1. The van der Waals surface area contributed by atoms with Gasteiger partial charge in [-0.05, 0) is 36.4 Å². The minimum Gasteiger partial charge on any atom is -0.497 e. The molecule has 1 heterocycles. The van der Waals surface area contributed by atoms with Gasteiger partial charge in [-0.2, -0.15) is 9.90 Å². The molecule has 0 atom stereocenters. The Kier molecular flexibility index (Phi) is 3.47. The molecule has 0 amide bonds. The van der Waals surface area contributed by atoms with E-state index in [1.54, 1.807) is 31.4 Å². The summed E-state index contributed by atoms with van der Waals surface area (Å²) in [5, 5.41) is 8.35. The highest BCUT2D eigenvalue weighted by Crippen LogP contribution is 2.14. The number of ether oxygens (including phenoxy) is 1. The number of para-hydroxylation sites is 1. The van der Waals surface area contributed by atoms with Crippen molar-refractivity contribution < 1.29 is 9.53 Å². The van der Waals surface area contributed by atoms with E-state index in [9.17, 15) is 4.79 Å². The maximum absolute atomic E-state index is 12.3. The van der Waals surface area contributed by atoms with Crippen LogP contribution in [0, 0.1) is 0 Å². The largest absolute Gasteiger partial charge is 0.497 e. The van der Waals surface area contributed by atoms with E-state index < -0.39 is 0 Å². The highest BCUT2D eigenvalue weighted by Gasteiger charge is 2.13. The van der Waals surface area contributed by atoms with Crippen molar-refractivity contribution in [3.05, 3.63) is 72.1 Å². The zero-order valence-corrected chi connectivity index (χ0v) is 11.4. The van der Waals surface area contributed by atoms with Crippen molar-refractivity contribution in [3.63, 3.8) is 0 Å². The van der Waals surface area contributed by atoms with Crippen LogP contribution in [0.4, 0.5) is 0 Å². The summed E-state index contributed by atoms with van der Waals surface area (Å²) >= 11 is 0. The summed E-state index contributed by atoms with van der Waals surface area (Å²) in [5.74, 6) is 0.541. The lowest BCUT2D eigenvalue weighted by molar-refractivity contribution is 0.103. The minimum absolute atomic E-state index is 0.167. The van der Waals surface area contributed by atoms with Crippen LogP contribution in [-0.4, -0.2) is 27.9 Å². The van der Waals surface area contributed by atoms with Crippen LogP contribution >= 0.6 is 0 Å². The maximum atomic E-state index is 12.3. The van der Waals surface area contributed by atoms with Gasteiger partial charge < -0.3 is 4.74 Å². The van der Waals surface area contributed by atoms with Crippen molar-refractivity contribution in [2.75, 3.05) is 7.11 Å². The van der Waals surface area contributed by atoms with E-state index in [2.05, 4.69) is 10.2 Å². The van der Waals surface area contributed by atoms with E-state index in [4.69, 9.17) is 4.74 Å². The summed E-state index contributed by atoms with van der Waals surface area (Å²) in [6.07, 6.45) is 1.47. The number of aromatic nitrogens is 3. The number of methoxy groups -OCH3 is 1. The number of rotatable bonds is 4. The average Bonchev–Trinajstić information content (AvgIpc) is 3.05. The monoisotopic (exact) mass is 279 g/mol. The van der Waals surface area contributed by atoms with Crippen LogP contribution in [0.2, 0.25) is 0 Å². The first-order chi connectivity index (χ1) is 10.3. The Bertz CT molecular complexity index is 749. The smallest absolute Gasteiger partial charge is 0.214 e. The van der Waals surface area contributed by atoms with Gasteiger partial charge in [-0.1, -0.05) is 18.2 Å². The summed E-state index contributed by atoms with van der Waals surface area (Å²) in [6, 6.07) is 16.4. The zero-order valence-electron chi connectivity index (χ0n) is 11.4. The molecule has 3 rings (SSSR count). The minimum atomic E-state index is -0.167. The first-order valence-corrected chi connectivity index (χ1v) is 6.44. The van der Waals surface area contributed by atoms with Crippen LogP contribution in [0.25, 0.3) is 5.69 Å². The molecule has 2 aromatic carbocycles. The molecule has 0 aliphatic heterocycles. The lowest BCUT2D eigenvalue weighted by Crippen LogP contribution is -2.04. The number of hydrogen-bond donors (Lipinski definition) is 0. The summed E-state index contributed by atoms with van der Waals surface area (Å²) in [4.78, 5) is 13.8. The Hall–Kier alpha value is -2.95. The molecule has 1 aromatic heterocycles. The Morgan fingerprint density at radius 2 is 1.76 bits per heavy atom. The van der Waals surface area contributed by atoms with Crippen LogP contribution in [0.1, 0.15) is 16.1 Å². The van der Waals surface area contributed by atoms with Gasteiger partial charge in [0.25, 0.3) is 0 Å². The van der Waals surface area contributed by atoms with Crippen LogP contribution in [-0.2, 0) is 0 Å². The molecular formula is C16H13N3O2. The number of carbonyl (C=O) groups excluding carboxylic acids is 1. The third-order valence-electron chi connectivity index (χ3n) is 3.06. The number of ketones is 1. The molecule has 0 bridgehead atoms. The molecule has 0 fully saturated rings. The molecule has 3 aromatic rings. The predicted octanol–water partition coefficient (Wildman–Crippen LogP) is 2.51. The molecule has 0 spiro atoms. The summed E-state index contributed by atoms with van der Waals surface area (Å²) in [6.45, 7) is 0. The highest BCUT2D eigenvalue weighted by molar-refractivity contribution is 6.07. The van der Waals surface area contributed by atoms with E-state index in [1.807, 2.05) is 30.3 Å². The standard InChI is InChI=1S/C16H13N3O2/c1-21-14-9-7-12(8-10-14)16(20)15-11-17-19(18-15)13-5-3-2-4-6-13/h2-11H,1H3. The molecule has 0 aliphatic rings. The maximum Gasteiger partial charge on any atom is 0.214 e. The molecule has 0 N–H and O–H groups in total. The Labute approximate surface area is 121 Å². The molecular weight excluding hydrogens is 266 g/mol. The average molecular weight is 279 g/mol. The van der Waals surface area contributed by atoms with Crippen molar-refractivity contribution in [1.82, 2.24) is 15.0 Å². The second kappa shape index (κ2) is 5.58. The molecule has 104 valence electrons. The molecule has 0 radical (unpaired) electrons. The van der Waals surface area contributed by atoms with Crippen LogP contribution in [0.3, 0.4) is 0 Å². The number of nitrogens with zero attached hydrogens (tertiary/aromatic N) is 3. The number of benzene rings is 2. The van der Waals surface area contributed by atoms with E-state index in [1.165, 1.54) is 11.0 Å². The third-order valence-corrected chi connectivity index (χ3v) is 3.06. The van der Waals surface area contributed by atoms with Crippen LogP contribution < -0.4 is 4.74 Å². The molecule has 21 heavy (non-hydrogen) atoms. The van der Waals surface area contributed by atoms with Gasteiger partial charge in [0.1, 0.15) is 5.75 Å². The topological polar surface area (TPSA) is 57.0 Å². The van der Waals surface area contributed by atoms with Crippen LogP contribution in [0.5, 0.6) is 5.75 Å². The summed E-state index contributed by atoms with van der Waals surface area (Å²) < 4.78 is 5.07. The normalized spacial score (nSPS) is 10.3. The highest BCUT2D eigenvalue weighted by atomic mass is 16.5. The van der Waals surface area contributed by atoms with E-state index in [-0.39, 0.29) is 5.78 Å². The third kappa shape index (κ3) is 2.67. The van der Waals surface area contributed by atoms with Gasteiger partial charge in [0, 0.05) is 5.56 Å². The van der Waals surface area contributed by atoms with E-state index in [0.29, 0.717) is 17.0 Å². The fourth-order valence-electron chi connectivity index (χ4n) is 1.94. The molecule has 0 saturated heterocycles. The van der Waals surface area contributed by atoms with Gasteiger partial charge in [-0.3, -0.25) is 4.79 Å². The van der Waals surface area contributed by atoms with Crippen molar-refractivity contribution in [1.29, 1.82) is 0 Å². The van der Waals surface area contributed by atoms with E-state index >= 15 is 0 Å². The quantitative estimate of drug-likeness (QED) is 0.688. The van der Waals surface area contributed by atoms with Gasteiger partial charge in [-0.15, -0.1) is 5.10 Å². The van der Waals surface area contributed by atoms with Gasteiger partial charge in [-0.25, -0.2) is 0 Å². The second-order valence-electron chi connectivity index (χ2n) is 4.41. The Morgan fingerprint density at radius 1 is 1.05 bits per heavy atom. The second-order valence-corrected chi connectivity index (χ2v) is 4.41. The van der Waals surface area contributed by atoms with Gasteiger partial charge in [0.15, 0.2) is 5.69 Å². The Balaban J connectivity index is 1.87. The summed E-state index contributed by atoms with van der Waals surface area (Å²) in [5.41, 5.74) is 1.67. The lowest BCUT2D eigenvalue weighted by Gasteiger charge is -2.01. The van der Waals surface area contributed by atoms with Gasteiger partial charge >= 0.3 is 0 Å². The molecule has 0 saturated carbocycles. The molecule has 0 unspecified atom stereocenters. The predicted molar refractivity (Wildman–Crippen MR) is 77.8 cm³/mol. The molecule has 5 nitrogen and oxygen atoms in total. The summed E-state index contributed by atoms with van der Waals surface area (Å²) in [7, 11) is 1.59. The molecule has 0 aliphatic carbocycles. The fourth-order valence-corrected chi connectivity index (χ4v) is 1.94. The number of hydrogen-bond acceptors (Lipinski definition) is 4. The fraction of sp³-hybridized carbons (Fsp3) is 0.0625. The first kappa shape index (κ1) is 13.1. The van der Waals surface area contributed by atoms with Gasteiger partial charge in [0.2, 0.25) is 5.78 Å². The van der Waals surface area contributed by atoms with Gasteiger partial charge in [0.05, 0.1) is 19.0 Å². The SMILES string of the molecule is COc1ccc(C(=O)c2cnn(-c3ccccc3)n2)cc1. The van der Waals surface area contributed by atoms with E-state index in [0.717, 1.165) is 5.69 Å². The zero-order chi connectivity index (χ0) is 14.7. The van der Waals surface area contributed by atoms with Crippen molar-refractivity contribution in [3.8, 4) is 11.4 Å². The van der Waals surface area contributed by atoms with Crippen molar-refractivity contribution >= 4 is 5.78 Å². The first-order valence-electron chi connectivity index (χ1n) is 6.44. The number of carbonyl (C=O) groups is 1. The van der Waals surface area contributed by atoms with Crippen molar-refractivity contribution in [2.45, 2.75) is 0 Å². The molecule has 5 heteroatoms.